The summed E-state index contributed by atoms with van der Waals surface area (Å²) in [5.74, 6) is 3.92. The molecule has 6 rings (SSSR count). The summed E-state index contributed by atoms with van der Waals surface area (Å²) in [7, 11) is 1.64. The molecule has 0 bridgehead atoms. The van der Waals surface area contributed by atoms with Gasteiger partial charge in [0.15, 0.2) is 5.75 Å². The first-order valence-electron chi connectivity index (χ1n) is 17.6. The minimum absolute atomic E-state index is 0.0230. The molecule has 0 aliphatic carbocycles. The number of halogens is 1. The Hall–Kier alpha value is -5.51. The Kier molecular flexibility index (Phi) is 12.9. The first kappa shape index (κ1) is 37.3. The molecular weight excluding hydrogens is 690 g/mol. The van der Waals surface area contributed by atoms with Crippen molar-refractivity contribution in [3.8, 4) is 34.6 Å². The van der Waals surface area contributed by atoms with Gasteiger partial charge in [-0.1, -0.05) is 53.6 Å². The van der Waals surface area contributed by atoms with Crippen molar-refractivity contribution in [2.75, 3.05) is 46.5 Å². The number of aryl methyl sites for hydroxylation is 2. The number of hydrogen-bond donors (Lipinski definition) is 0. The Morgan fingerprint density at radius 1 is 0.755 bits per heavy atom. The molecule has 1 aliphatic rings. The minimum Gasteiger partial charge on any atom is -0.497 e. The van der Waals surface area contributed by atoms with Crippen LogP contribution in [0.15, 0.2) is 109 Å². The summed E-state index contributed by atoms with van der Waals surface area (Å²) >= 11 is 6.63. The van der Waals surface area contributed by atoms with E-state index in [1.54, 1.807) is 37.6 Å². The minimum atomic E-state index is -0.0230. The molecule has 0 N–H and O–H groups in total. The highest BCUT2D eigenvalue weighted by Crippen LogP contribution is 2.34. The van der Waals surface area contributed by atoms with Crippen molar-refractivity contribution in [2.45, 2.75) is 27.0 Å². The van der Waals surface area contributed by atoms with Crippen LogP contribution in [0.4, 0.5) is 0 Å². The molecule has 1 aromatic heterocycles. The molecule has 0 atom stereocenters. The molecule has 1 amide bonds. The Morgan fingerprint density at radius 3 is 2.00 bits per heavy atom. The molecule has 4 aromatic carbocycles. The molecule has 5 aromatic rings. The Bertz CT molecular complexity index is 1940. The number of ether oxygens (including phenoxy) is 5. The van der Waals surface area contributed by atoms with E-state index in [1.807, 2.05) is 72.5 Å². The third-order valence-electron chi connectivity index (χ3n) is 8.81. The number of aromatic nitrogens is 1. The highest BCUT2D eigenvalue weighted by Gasteiger charge is 2.20. The predicted molar refractivity (Wildman–Crippen MR) is 207 cm³/mol. The number of rotatable bonds is 15. The Labute approximate surface area is 316 Å². The van der Waals surface area contributed by atoms with Gasteiger partial charge in [0, 0.05) is 44.9 Å². The molecule has 9 nitrogen and oxygen atoms in total. The Balaban J connectivity index is 0.912. The lowest BCUT2D eigenvalue weighted by Gasteiger charge is -2.34. The molecule has 0 radical (unpaired) electrons. The van der Waals surface area contributed by atoms with Crippen molar-refractivity contribution < 1.29 is 28.5 Å². The van der Waals surface area contributed by atoms with Crippen LogP contribution in [0.3, 0.4) is 0 Å². The summed E-state index contributed by atoms with van der Waals surface area (Å²) in [5, 5.41) is 0.436. The predicted octanol–water partition coefficient (Wildman–Crippen LogP) is 8.55. The first-order valence-corrected chi connectivity index (χ1v) is 18.0. The van der Waals surface area contributed by atoms with Gasteiger partial charge in [0.2, 0.25) is 11.8 Å². The number of nitrogens with zero attached hydrogens (tertiary/aromatic N) is 3. The van der Waals surface area contributed by atoms with E-state index in [0.29, 0.717) is 55.3 Å². The van der Waals surface area contributed by atoms with E-state index in [9.17, 15) is 4.79 Å². The second-order valence-corrected chi connectivity index (χ2v) is 13.2. The molecule has 10 heteroatoms. The van der Waals surface area contributed by atoms with Crippen LogP contribution in [0.25, 0.3) is 6.08 Å². The van der Waals surface area contributed by atoms with Crippen LogP contribution < -0.4 is 23.7 Å². The van der Waals surface area contributed by atoms with Crippen LogP contribution >= 0.6 is 11.6 Å². The third kappa shape index (κ3) is 11.0. The highest BCUT2D eigenvalue weighted by atomic mass is 35.5. The lowest BCUT2D eigenvalue weighted by Crippen LogP contribution is -2.47. The highest BCUT2D eigenvalue weighted by molar-refractivity contribution is 6.32. The van der Waals surface area contributed by atoms with Gasteiger partial charge in [-0.2, -0.15) is 0 Å². The lowest BCUT2D eigenvalue weighted by atomic mass is 10.1. The fourth-order valence-corrected chi connectivity index (χ4v) is 6.10. The number of methoxy groups -OCH3 is 1. The molecule has 1 saturated heterocycles. The van der Waals surface area contributed by atoms with Crippen molar-refractivity contribution in [1.29, 1.82) is 0 Å². The number of benzene rings is 4. The van der Waals surface area contributed by atoms with E-state index in [4.69, 9.17) is 35.3 Å². The topological polar surface area (TPSA) is 82.6 Å². The van der Waals surface area contributed by atoms with E-state index in [2.05, 4.69) is 41.1 Å². The molecular formula is C43H44ClN3O6. The summed E-state index contributed by atoms with van der Waals surface area (Å²) in [6, 6.07) is 31.1. The Morgan fingerprint density at radius 2 is 1.38 bits per heavy atom. The normalized spacial score (nSPS) is 13.2. The number of piperazine rings is 1. The maximum Gasteiger partial charge on any atom is 0.246 e. The van der Waals surface area contributed by atoms with E-state index in [1.165, 1.54) is 11.1 Å². The lowest BCUT2D eigenvalue weighted by molar-refractivity contribution is -0.127. The molecule has 0 unspecified atom stereocenters. The van der Waals surface area contributed by atoms with Crippen LogP contribution in [0.5, 0.6) is 34.6 Å². The fourth-order valence-electron chi connectivity index (χ4n) is 5.79. The summed E-state index contributed by atoms with van der Waals surface area (Å²) in [6.07, 6.45) is 5.04. The van der Waals surface area contributed by atoms with Gasteiger partial charge < -0.3 is 28.6 Å². The zero-order valence-electron chi connectivity index (χ0n) is 30.3. The maximum atomic E-state index is 13.1. The maximum absolute atomic E-state index is 13.1. The van der Waals surface area contributed by atoms with Gasteiger partial charge >= 0.3 is 0 Å². The molecule has 0 saturated carbocycles. The average Bonchev–Trinajstić information content (AvgIpc) is 3.18. The SMILES string of the molecule is COc1ccc(OCCOc2ccc(CN3CCN(C(=O)/C=C/c4cc(C)c(Oc5ccc(OCc6ccc(C)cc6)cn5)c(Cl)c4)CC3)cc2)cc1. The smallest absolute Gasteiger partial charge is 0.246 e. The van der Waals surface area contributed by atoms with Crippen LogP contribution in [-0.2, 0) is 17.9 Å². The van der Waals surface area contributed by atoms with Crippen molar-refractivity contribution >= 4 is 23.6 Å². The van der Waals surface area contributed by atoms with Crippen LogP contribution in [0.2, 0.25) is 5.02 Å². The van der Waals surface area contributed by atoms with Gasteiger partial charge in [0.25, 0.3) is 0 Å². The van der Waals surface area contributed by atoms with Crippen LogP contribution in [-0.4, -0.2) is 67.2 Å². The molecule has 53 heavy (non-hydrogen) atoms. The van der Waals surface area contributed by atoms with Crippen molar-refractivity contribution in [3.63, 3.8) is 0 Å². The molecule has 2 heterocycles. The second kappa shape index (κ2) is 18.3. The van der Waals surface area contributed by atoms with E-state index in [0.717, 1.165) is 53.6 Å². The fraction of sp³-hybridized carbons (Fsp3) is 0.256. The van der Waals surface area contributed by atoms with Crippen LogP contribution in [0.1, 0.15) is 27.8 Å². The van der Waals surface area contributed by atoms with Gasteiger partial charge in [-0.15, -0.1) is 0 Å². The quantitative estimate of drug-likeness (QED) is 0.0783. The van der Waals surface area contributed by atoms with Gasteiger partial charge in [0.1, 0.15) is 42.8 Å². The second-order valence-electron chi connectivity index (χ2n) is 12.8. The zero-order chi connectivity index (χ0) is 37.0. The van der Waals surface area contributed by atoms with E-state index < -0.39 is 0 Å². The molecule has 1 fully saturated rings. The van der Waals surface area contributed by atoms with Crippen LogP contribution in [0, 0.1) is 13.8 Å². The summed E-state index contributed by atoms with van der Waals surface area (Å²) in [4.78, 5) is 21.7. The van der Waals surface area contributed by atoms with Crippen molar-refractivity contribution in [2.24, 2.45) is 0 Å². The van der Waals surface area contributed by atoms with E-state index in [-0.39, 0.29) is 5.91 Å². The number of carbonyl (C=O) groups excluding carboxylic acids is 1. The van der Waals surface area contributed by atoms with E-state index >= 15 is 0 Å². The molecule has 274 valence electrons. The zero-order valence-corrected chi connectivity index (χ0v) is 31.1. The monoisotopic (exact) mass is 733 g/mol. The summed E-state index contributed by atoms with van der Waals surface area (Å²) < 4.78 is 28.6. The summed E-state index contributed by atoms with van der Waals surface area (Å²) in [6.45, 7) is 9.05. The summed E-state index contributed by atoms with van der Waals surface area (Å²) in [5.41, 5.74) is 5.14. The van der Waals surface area contributed by atoms with Gasteiger partial charge in [-0.25, -0.2) is 4.98 Å². The largest absolute Gasteiger partial charge is 0.497 e. The molecule has 0 spiro atoms. The standard InChI is InChI=1S/C43H44ClN3O6/c1-31-4-6-34(7-5-31)30-52-39-17-18-41(45-28-39)53-43-32(2)26-35(27-40(43)44)10-19-42(48)47-22-20-46(21-23-47)29-33-8-11-37(12-9-33)50-24-25-51-38-15-13-36(49-3)14-16-38/h4-19,26-28H,20-25,29-30H2,1-3H3/b19-10+. The number of carbonyl (C=O) groups is 1. The average molecular weight is 734 g/mol. The number of pyridine rings is 1. The third-order valence-corrected chi connectivity index (χ3v) is 9.09. The molecule has 1 aliphatic heterocycles. The van der Waals surface area contributed by atoms with Gasteiger partial charge in [-0.05, 0) is 96.8 Å². The van der Waals surface area contributed by atoms with Crippen molar-refractivity contribution in [3.05, 3.63) is 142 Å². The van der Waals surface area contributed by atoms with Gasteiger partial charge in [-0.3, -0.25) is 9.69 Å². The number of amides is 1. The number of hydrogen-bond acceptors (Lipinski definition) is 8. The first-order chi connectivity index (χ1) is 25.8. The van der Waals surface area contributed by atoms with Gasteiger partial charge in [0.05, 0.1) is 18.3 Å². The van der Waals surface area contributed by atoms with Crippen molar-refractivity contribution in [1.82, 2.24) is 14.8 Å².